The van der Waals surface area contributed by atoms with Crippen LogP contribution in [0.4, 0.5) is 9.59 Å². The van der Waals surface area contributed by atoms with Crippen LogP contribution < -0.4 is 5.32 Å². The molecule has 0 aromatic heterocycles. The Morgan fingerprint density at radius 3 is 2.29 bits per heavy atom. The Balaban J connectivity index is 2.23. The molecule has 2 amide bonds. The molecule has 0 radical (unpaired) electrons. The van der Waals surface area contributed by atoms with E-state index in [0.29, 0.717) is 36.1 Å². The van der Waals surface area contributed by atoms with Gasteiger partial charge in [0.25, 0.3) is 0 Å². The number of carbonyl (C=O) groups is 2. The highest BCUT2D eigenvalue weighted by atomic mass is 35.5. The van der Waals surface area contributed by atoms with Crippen LogP contribution in [0, 0.1) is 0 Å². The van der Waals surface area contributed by atoms with E-state index in [0.717, 1.165) is 18.4 Å². The van der Waals surface area contributed by atoms with Crippen molar-refractivity contribution >= 4 is 35.4 Å². The maximum Gasteiger partial charge on any atom is 0.410 e. The Bertz CT molecular complexity index is 802. The third-order valence-electron chi connectivity index (χ3n) is 5.03. The SMILES string of the molecule is CC(C)(C)OC(=O)NCC[C@]1(c2ccc(Cl)c(Cl)c2)CCCN(C(=O)OC(C)(C)C)C1. The molecule has 8 heteroatoms. The summed E-state index contributed by atoms with van der Waals surface area (Å²) in [7, 11) is 0. The number of alkyl carbamates (subject to hydrolysis) is 1. The lowest BCUT2D eigenvalue weighted by Crippen LogP contribution is -2.51. The molecule has 0 unspecified atom stereocenters. The number of halogens is 2. The quantitative estimate of drug-likeness (QED) is 0.567. The van der Waals surface area contributed by atoms with Crippen LogP contribution in [0.3, 0.4) is 0 Å². The zero-order valence-electron chi connectivity index (χ0n) is 19.3. The van der Waals surface area contributed by atoms with E-state index in [-0.39, 0.29) is 6.09 Å². The van der Waals surface area contributed by atoms with E-state index >= 15 is 0 Å². The van der Waals surface area contributed by atoms with Gasteiger partial charge in [0.1, 0.15) is 11.2 Å². The van der Waals surface area contributed by atoms with Crippen LogP contribution in [-0.2, 0) is 14.9 Å². The Labute approximate surface area is 195 Å². The molecule has 1 aromatic carbocycles. The van der Waals surface area contributed by atoms with Crippen LogP contribution in [0.1, 0.15) is 66.4 Å². The van der Waals surface area contributed by atoms with Gasteiger partial charge >= 0.3 is 12.2 Å². The highest BCUT2D eigenvalue weighted by Crippen LogP contribution is 2.39. The maximum atomic E-state index is 12.8. The lowest BCUT2D eigenvalue weighted by molar-refractivity contribution is 0.0123. The molecule has 1 aliphatic rings. The van der Waals surface area contributed by atoms with E-state index in [2.05, 4.69) is 5.32 Å². The van der Waals surface area contributed by atoms with Crippen LogP contribution in [0.5, 0.6) is 0 Å². The van der Waals surface area contributed by atoms with E-state index in [9.17, 15) is 9.59 Å². The van der Waals surface area contributed by atoms with Crippen molar-refractivity contribution in [1.82, 2.24) is 10.2 Å². The Kier molecular flexibility index (Phi) is 8.15. The summed E-state index contributed by atoms with van der Waals surface area (Å²) >= 11 is 12.4. The second-order valence-electron chi connectivity index (χ2n) is 10.1. The second kappa shape index (κ2) is 9.86. The molecule has 174 valence electrons. The van der Waals surface area contributed by atoms with Gasteiger partial charge in [-0.25, -0.2) is 9.59 Å². The third kappa shape index (κ3) is 7.76. The lowest BCUT2D eigenvalue weighted by Gasteiger charge is -2.43. The summed E-state index contributed by atoms with van der Waals surface area (Å²) in [4.78, 5) is 26.6. The van der Waals surface area contributed by atoms with E-state index < -0.39 is 22.7 Å². The molecule has 0 spiro atoms. The number of benzene rings is 1. The fourth-order valence-electron chi connectivity index (χ4n) is 3.74. The number of piperidine rings is 1. The van der Waals surface area contributed by atoms with Gasteiger partial charge in [0, 0.05) is 25.0 Å². The van der Waals surface area contributed by atoms with Gasteiger partial charge in [-0.05, 0) is 78.5 Å². The molecule has 31 heavy (non-hydrogen) atoms. The predicted octanol–water partition coefficient (Wildman–Crippen LogP) is 6.18. The summed E-state index contributed by atoms with van der Waals surface area (Å²) < 4.78 is 10.9. The first kappa shape index (κ1) is 25.6. The summed E-state index contributed by atoms with van der Waals surface area (Å²) in [5.74, 6) is 0. The van der Waals surface area contributed by atoms with Gasteiger partial charge in [0.15, 0.2) is 0 Å². The van der Waals surface area contributed by atoms with Gasteiger partial charge in [-0.3, -0.25) is 0 Å². The van der Waals surface area contributed by atoms with Crippen molar-refractivity contribution in [2.75, 3.05) is 19.6 Å². The van der Waals surface area contributed by atoms with Crippen molar-refractivity contribution < 1.29 is 19.1 Å². The van der Waals surface area contributed by atoms with Crippen molar-refractivity contribution in [3.8, 4) is 0 Å². The summed E-state index contributed by atoms with van der Waals surface area (Å²) in [5, 5.41) is 3.78. The Morgan fingerprint density at radius 1 is 1.06 bits per heavy atom. The van der Waals surface area contributed by atoms with Crippen molar-refractivity contribution in [3.05, 3.63) is 33.8 Å². The van der Waals surface area contributed by atoms with Crippen LogP contribution >= 0.6 is 23.2 Å². The molecule has 1 saturated heterocycles. The Hall–Kier alpha value is -1.66. The molecule has 0 bridgehead atoms. The van der Waals surface area contributed by atoms with E-state index in [1.165, 1.54) is 0 Å². The zero-order valence-corrected chi connectivity index (χ0v) is 20.8. The minimum atomic E-state index is -0.570. The second-order valence-corrected chi connectivity index (χ2v) is 10.9. The van der Waals surface area contributed by atoms with E-state index in [1.54, 1.807) is 11.0 Å². The average Bonchev–Trinajstić information content (AvgIpc) is 2.61. The molecule has 1 heterocycles. The van der Waals surface area contributed by atoms with Gasteiger partial charge in [0.05, 0.1) is 10.0 Å². The predicted molar refractivity (Wildman–Crippen MR) is 124 cm³/mol. The first-order chi connectivity index (χ1) is 14.2. The topological polar surface area (TPSA) is 67.9 Å². The number of ether oxygens (including phenoxy) is 2. The molecule has 6 nitrogen and oxygen atoms in total. The van der Waals surface area contributed by atoms with Gasteiger partial charge in [-0.15, -0.1) is 0 Å². The summed E-state index contributed by atoms with van der Waals surface area (Å²) in [6.45, 7) is 12.5. The molecule has 0 aliphatic carbocycles. The number of nitrogens with zero attached hydrogens (tertiary/aromatic N) is 1. The van der Waals surface area contributed by atoms with Gasteiger partial charge in [-0.2, -0.15) is 0 Å². The number of hydrogen-bond donors (Lipinski definition) is 1. The maximum absolute atomic E-state index is 12.8. The number of rotatable bonds is 4. The highest BCUT2D eigenvalue weighted by molar-refractivity contribution is 6.42. The molecule has 1 atom stereocenters. The first-order valence-corrected chi connectivity index (χ1v) is 11.4. The highest BCUT2D eigenvalue weighted by Gasteiger charge is 2.40. The molecule has 0 saturated carbocycles. The number of likely N-dealkylation sites (tertiary alicyclic amines) is 1. The number of carbonyl (C=O) groups excluding carboxylic acids is 2. The minimum absolute atomic E-state index is 0.336. The normalized spacial score (nSPS) is 19.7. The smallest absolute Gasteiger partial charge is 0.410 e. The molecule has 1 fully saturated rings. The molecule has 2 rings (SSSR count). The van der Waals surface area contributed by atoms with Crippen molar-refractivity contribution in [1.29, 1.82) is 0 Å². The summed E-state index contributed by atoms with van der Waals surface area (Å²) in [6.07, 6.45) is 1.48. The first-order valence-electron chi connectivity index (χ1n) is 10.6. The number of hydrogen-bond acceptors (Lipinski definition) is 4. The third-order valence-corrected chi connectivity index (χ3v) is 5.77. The molecule has 1 N–H and O–H groups in total. The van der Waals surface area contributed by atoms with Crippen molar-refractivity contribution in [3.63, 3.8) is 0 Å². The average molecular weight is 473 g/mol. The molecular weight excluding hydrogens is 439 g/mol. The summed E-state index contributed by atoms with van der Waals surface area (Å²) in [5.41, 5.74) is -0.539. The largest absolute Gasteiger partial charge is 0.444 e. The van der Waals surface area contributed by atoms with Gasteiger partial charge in [-0.1, -0.05) is 29.3 Å². The molecular formula is C23H34Cl2N2O4. The number of nitrogens with one attached hydrogen (secondary N) is 1. The standard InChI is InChI=1S/C23H34Cl2N2O4/c1-21(2,3)30-19(28)26-12-11-23(16-8-9-17(24)18(25)14-16)10-7-13-27(15-23)20(29)31-22(4,5)6/h8-9,14H,7,10-13,15H2,1-6H3,(H,26,28)/t23-/m1/s1. The van der Waals surface area contributed by atoms with Gasteiger partial charge in [0.2, 0.25) is 0 Å². The van der Waals surface area contributed by atoms with Crippen LogP contribution in [0.25, 0.3) is 0 Å². The summed E-state index contributed by atoms with van der Waals surface area (Å²) in [6, 6.07) is 5.57. The van der Waals surface area contributed by atoms with Crippen molar-refractivity contribution in [2.45, 2.75) is 77.4 Å². The van der Waals surface area contributed by atoms with Crippen LogP contribution in [-0.4, -0.2) is 47.9 Å². The molecule has 1 aromatic rings. The number of amides is 2. The monoisotopic (exact) mass is 472 g/mol. The Morgan fingerprint density at radius 2 is 1.71 bits per heavy atom. The van der Waals surface area contributed by atoms with Crippen LogP contribution in [0.15, 0.2) is 18.2 Å². The zero-order chi connectivity index (χ0) is 23.4. The lowest BCUT2D eigenvalue weighted by atomic mass is 9.71. The fourth-order valence-corrected chi connectivity index (χ4v) is 4.04. The fraction of sp³-hybridized carbons (Fsp3) is 0.652. The van der Waals surface area contributed by atoms with E-state index in [1.807, 2.05) is 53.7 Å². The van der Waals surface area contributed by atoms with E-state index in [4.69, 9.17) is 32.7 Å². The van der Waals surface area contributed by atoms with Gasteiger partial charge < -0.3 is 19.7 Å². The minimum Gasteiger partial charge on any atom is -0.444 e. The van der Waals surface area contributed by atoms with Crippen molar-refractivity contribution in [2.24, 2.45) is 0 Å². The molecule has 1 aliphatic heterocycles. The van der Waals surface area contributed by atoms with Crippen LogP contribution in [0.2, 0.25) is 10.0 Å².